The monoisotopic (exact) mass is 672 g/mol. The van der Waals surface area contributed by atoms with E-state index in [1.54, 1.807) is 6.33 Å². The molecular weight excluding hydrogens is 628 g/mol. The molecule has 0 bridgehead atoms. The molecule has 5 aromatic rings. The number of hydrogen-bond acceptors (Lipinski definition) is 6. The predicted molar refractivity (Wildman–Crippen MR) is 193 cm³/mol. The van der Waals surface area contributed by atoms with Crippen molar-refractivity contribution in [2.24, 2.45) is 0 Å². The summed E-state index contributed by atoms with van der Waals surface area (Å²) in [6.45, 7) is 6.04. The predicted octanol–water partition coefficient (Wildman–Crippen LogP) is 5.81. The first-order chi connectivity index (χ1) is 24.0. The third-order valence-electron chi connectivity index (χ3n) is 8.78. The van der Waals surface area contributed by atoms with Crippen LogP contribution in [0, 0.1) is 0 Å². The number of benzene rings is 4. The second-order valence-corrected chi connectivity index (χ2v) is 13.4. The molecule has 5 rings (SSSR count). The summed E-state index contributed by atoms with van der Waals surface area (Å²) in [5, 5.41) is 12.4. The number of aliphatic carboxylic acids is 1. The van der Waals surface area contributed by atoms with Gasteiger partial charge in [0.05, 0.1) is 32.2 Å². The molecule has 0 aliphatic carbocycles. The molecule has 0 fully saturated rings. The summed E-state index contributed by atoms with van der Waals surface area (Å²) < 4.78 is 7.12. The number of nitrogens with zero attached hydrogens (tertiary/aromatic N) is 3. The number of nitrogens with one attached hydrogen (secondary N) is 1. The standard InChI is InChI=1S/C41H44N4O5/c1-40(2,3)31-22-20-30(21-23-31)25-44(28-38(47)48)27-37(46)43-36(39(49)50-4)24-35-26-45(29-42-35)41(32-14-8-5-9-15-32,33-16-10-6-11-17-33)34-18-12-7-13-19-34/h5-23,26,29,36H,24-25,27-28H2,1-4H3,(H,43,46)(H,47,48). The fourth-order valence-corrected chi connectivity index (χ4v) is 6.35. The summed E-state index contributed by atoms with van der Waals surface area (Å²) in [6.07, 6.45) is 3.71. The van der Waals surface area contributed by atoms with Crippen LogP contribution in [0.2, 0.25) is 0 Å². The smallest absolute Gasteiger partial charge is 0.328 e. The lowest BCUT2D eigenvalue weighted by molar-refractivity contribution is -0.145. The molecule has 258 valence electrons. The van der Waals surface area contributed by atoms with Crippen molar-refractivity contribution in [1.29, 1.82) is 0 Å². The van der Waals surface area contributed by atoms with E-state index in [2.05, 4.69) is 62.5 Å². The van der Waals surface area contributed by atoms with Gasteiger partial charge in [-0.3, -0.25) is 14.5 Å². The minimum absolute atomic E-state index is 0.0238. The number of carbonyl (C=O) groups excluding carboxylic acids is 2. The van der Waals surface area contributed by atoms with Gasteiger partial charge in [-0.05, 0) is 33.2 Å². The van der Waals surface area contributed by atoms with Crippen molar-refractivity contribution >= 4 is 17.8 Å². The lowest BCUT2D eigenvalue weighted by Crippen LogP contribution is -2.47. The average molecular weight is 673 g/mol. The highest BCUT2D eigenvalue weighted by Gasteiger charge is 2.38. The molecule has 9 nitrogen and oxygen atoms in total. The first kappa shape index (κ1) is 35.8. The summed E-state index contributed by atoms with van der Waals surface area (Å²) in [7, 11) is 1.27. The molecule has 9 heteroatoms. The number of hydrogen-bond donors (Lipinski definition) is 2. The lowest BCUT2D eigenvalue weighted by atomic mass is 9.77. The Kier molecular flexibility index (Phi) is 11.3. The van der Waals surface area contributed by atoms with E-state index in [9.17, 15) is 19.5 Å². The molecule has 0 spiro atoms. The zero-order chi connectivity index (χ0) is 35.7. The molecule has 1 heterocycles. The van der Waals surface area contributed by atoms with Crippen molar-refractivity contribution < 1.29 is 24.2 Å². The van der Waals surface area contributed by atoms with E-state index >= 15 is 0 Å². The Bertz CT molecular complexity index is 1770. The number of carboxylic acids is 1. The minimum Gasteiger partial charge on any atom is -0.480 e. The van der Waals surface area contributed by atoms with Crippen molar-refractivity contribution in [2.75, 3.05) is 20.2 Å². The molecule has 4 aromatic carbocycles. The average Bonchev–Trinajstić information content (AvgIpc) is 3.57. The molecule has 1 atom stereocenters. The third kappa shape index (κ3) is 8.36. The fourth-order valence-electron chi connectivity index (χ4n) is 6.35. The van der Waals surface area contributed by atoms with Crippen LogP contribution in [0.3, 0.4) is 0 Å². The number of carbonyl (C=O) groups is 3. The first-order valence-electron chi connectivity index (χ1n) is 16.6. The highest BCUT2D eigenvalue weighted by Crippen LogP contribution is 2.40. The topological polar surface area (TPSA) is 114 Å². The van der Waals surface area contributed by atoms with Gasteiger partial charge < -0.3 is 19.7 Å². The largest absolute Gasteiger partial charge is 0.480 e. The number of amides is 1. The van der Waals surface area contributed by atoms with Crippen LogP contribution in [0.1, 0.15) is 54.3 Å². The summed E-state index contributed by atoms with van der Waals surface area (Å²) >= 11 is 0. The molecule has 1 aromatic heterocycles. The van der Waals surface area contributed by atoms with E-state index < -0.39 is 29.4 Å². The SMILES string of the molecule is COC(=O)C(Cc1cn(C(c2ccccc2)(c2ccccc2)c2ccccc2)cn1)NC(=O)CN(CC(=O)O)Cc1ccc(C(C)(C)C)cc1. The number of methoxy groups -OCH3 is 1. The van der Waals surface area contributed by atoms with Crippen molar-refractivity contribution in [3.05, 3.63) is 161 Å². The van der Waals surface area contributed by atoms with Gasteiger partial charge in [0.2, 0.25) is 5.91 Å². The van der Waals surface area contributed by atoms with Gasteiger partial charge in [-0.15, -0.1) is 0 Å². The molecule has 0 saturated heterocycles. The van der Waals surface area contributed by atoms with Crippen LogP contribution in [-0.2, 0) is 43.0 Å². The fraction of sp³-hybridized carbons (Fsp3) is 0.268. The second kappa shape index (κ2) is 15.8. The zero-order valence-electron chi connectivity index (χ0n) is 29.0. The van der Waals surface area contributed by atoms with Crippen molar-refractivity contribution in [2.45, 2.75) is 50.7 Å². The molecular formula is C41H44N4O5. The quantitative estimate of drug-likeness (QED) is 0.113. The molecule has 50 heavy (non-hydrogen) atoms. The number of aromatic nitrogens is 2. The molecule has 2 N–H and O–H groups in total. The van der Waals surface area contributed by atoms with Gasteiger partial charge >= 0.3 is 11.9 Å². The Hall–Kier alpha value is -5.54. The number of esters is 1. The van der Waals surface area contributed by atoms with Crippen LogP contribution >= 0.6 is 0 Å². The van der Waals surface area contributed by atoms with E-state index in [1.165, 1.54) is 12.0 Å². The van der Waals surface area contributed by atoms with Crippen LogP contribution < -0.4 is 5.32 Å². The second-order valence-electron chi connectivity index (χ2n) is 13.4. The molecule has 0 saturated carbocycles. The van der Waals surface area contributed by atoms with E-state index in [4.69, 9.17) is 9.72 Å². The Labute approximate surface area is 293 Å². The summed E-state index contributed by atoms with van der Waals surface area (Å²) in [4.78, 5) is 44.3. The molecule has 0 radical (unpaired) electrons. The summed E-state index contributed by atoms with van der Waals surface area (Å²) in [5.74, 6) is -2.19. The van der Waals surface area contributed by atoms with Crippen molar-refractivity contribution in [1.82, 2.24) is 19.8 Å². The zero-order valence-corrected chi connectivity index (χ0v) is 29.0. The molecule has 0 aliphatic rings. The Morgan fingerprint density at radius 3 is 1.76 bits per heavy atom. The number of imidazole rings is 1. The van der Waals surface area contributed by atoms with Crippen molar-refractivity contribution in [3.63, 3.8) is 0 Å². The molecule has 1 amide bonds. The molecule has 1 unspecified atom stereocenters. The normalized spacial score (nSPS) is 12.3. The Balaban J connectivity index is 1.41. The highest BCUT2D eigenvalue weighted by molar-refractivity contribution is 5.86. The van der Waals surface area contributed by atoms with E-state index in [1.807, 2.05) is 89.6 Å². The maximum Gasteiger partial charge on any atom is 0.328 e. The maximum absolute atomic E-state index is 13.4. The number of carboxylic acid groups (broad SMARTS) is 1. The van der Waals surface area contributed by atoms with E-state index in [0.717, 1.165) is 27.8 Å². The van der Waals surface area contributed by atoms with E-state index in [0.29, 0.717) is 5.69 Å². The minimum atomic E-state index is -1.06. The number of ether oxygens (including phenoxy) is 1. The van der Waals surface area contributed by atoms with E-state index in [-0.39, 0.29) is 31.5 Å². The Morgan fingerprint density at radius 2 is 1.30 bits per heavy atom. The van der Waals surface area contributed by atoms with Crippen LogP contribution in [0.15, 0.2) is 128 Å². The first-order valence-corrected chi connectivity index (χ1v) is 16.6. The van der Waals surface area contributed by atoms with Gasteiger partial charge in [0, 0.05) is 19.2 Å². The maximum atomic E-state index is 13.4. The van der Waals surface area contributed by atoms with Crippen molar-refractivity contribution in [3.8, 4) is 0 Å². The highest BCUT2D eigenvalue weighted by atomic mass is 16.5. The van der Waals surface area contributed by atoms with Gasteiger partial charge in [-0.1, -0.05) is 136 Å². The Morgan fingerprint density at radius 1 is 0.780 bits per heavy atom. The molecule has 0 aliphatic heterocycles. The van der Waals surface area contributed by atoms with Crippen LogP contribution in [0.5, 0.6) is 0 Å². The van der Waals surface area contributed by atoms with Crippen LogP contribution in [0.4, 0.5) is 0 Å². The summed E-state index contributed by atoms with van der Waals surface area (Å²) in [5.41, 5.74) is 4.84. The lowest BCUT2D eigenvalue weighted by Gasteiger charge is -2.37. The van der Waals surface area contributed by atoms with Gasteiger partial charge in [0.25, 0.3) is 0 Å². The summed E-state index contributed by atoms with van der Waals surface area (Å²) in [6, 6.07) is 37.3. The van der Waals surface area contributed by atoms with Gasteiger partial charge in [0.15, 0.2) is 0 Å². The van der Waals surface area contributed by atoms with Gasteiger partial charge in [0.1, 0.15) is 11.6 Å². The number of rotatable bonds is 14. The third-order valence-corrected chi connectivity index (χ3v) is 8.78. The van der Waals surface area contributed by atoms with Crippen LogP contribution in [-0.4, -0.2) is 63.6 Å². The van der Waals surface area contributed by atoms with Crippen LogP contribution in [0.25, 0.3) is 0 Å². The van der Waals surface area contributed by atoms with Gasteiger partial charge in [-0.2, -0.15) is 0 Å². The van der Waals surface area contributed by atoms with Gasteiger partial charge in [-0.25, -0.2) is 9.78 Å².